The van der Waals surface area contributed by atoms with Gasteiger partial charge in [-0.3, -0.25) is 14.5 Å². The van der Waals surface area contributed by atoms with Crippen LogP contribution in [0.5, 0.6) is 0 Å². The molecule has 2 amide bonds. The summed E-state index contributed by atoms with van der Waals surface area (Å²) in [4.78, 5) is 31.3. The summed E-state index contributed by atoms with van der Waals surface area (Å²) in [6.45, 7) is 5.63. The zero-order valence-electron chi connectivity index (χ0n) is 18.6. The smallest absolute Gasteiger partial charge is 0.253 e. The molecule has 33 heavy (non-hydrogen) atoms. The van der Waals surface area contributed by atoms with E-state index in [-0.39, 0.29) is 17.6 Å². The van der Waals surface area contributed by atoms with Gasteiger partial charge in [0.2, 0.25) is 5.91 Å². The molecule has 5 rings (SSSR count). The van der Waals surface area contributed by atoms with E-state index in [1.54, 1.807) is 17.0 Å². The number of piperazine rings is 1. The molecule has 2 aliphatic rings. The Balaban J connectivity index is 1.21. The Morgan fingerprint density at radius 1 is 0.970 bits per heavy atom. The van der Waals surface area contributed by atoms with E-state index >= 15 is 0 Å². The first-order valence-corrected chi connectivity index (χ1v) is 11.2. The van der Waals surface area contributed by atoms with Crippen LogP contribution in [0.25, 0.3) is 0 Å². The zero-order chi connectivity index (χ0) is 22.9. The molecule has 1 fully saturated rings. The molecule has 8 heteroatoms. The van der Waals surface area contributed by atoms with Crippen LogP contribution in [0.15, 0.2) is 54.6 Å². The lowest BCUT2D eigenvalue weighted by molar-refractivity contribution is -0.119. The minimum atomic E-state index is -0.249. The van der Waals surface area contributed by atoms with Gasteiger partial charge >= 0.3 is 0 Å². The minimum Gasteiger partial charge on any atom is -0.368 e. The molecule has 0 aliphatic carbocycles. The van der Waals surface area contributed by atoms with Crippen molar-refractivity contribution < 1.29 is 14.0 Å². The number of hydrogen-bond donors (Lipinski definition) is 0. The van der Waals surface area contributed by atoms with Crippen LogP contribution in [0.2, 0.25) is 0 Å². The number of benzene rings is 2. The highest BCUT2D eigenvalue weighted by Gasteiger charge is 2.26. The summed E-state index contributed by atoms with van der Waals surface area (Å²) in [6.07, 6.45) is 0.439. The highest BCUT2D eigenvalue weighted by Crippen LogP contribution is 2.25. The van der Waals surface area contributed by atoms with Gasteiger partial charge in [-0.15, -0.1) is 0 Å². The third-order valence-corrected chi connectivity index (χ3v) is 6.30. The van der Waals surface area contributed by atoms with Gasteiger partial charge in [0.05, 0.1) is 18.8 Å². The molecule has 0 saturated carbocycles. The average molecular weight is 448 g/mol. The maximum Gasteiger partial charge on any atom is 0.253 e. The second kappa shape index (κ2) is 8.69. The van der Waals surface area contributed by atoms with Crippen LogP contribution in [-0.2, 0) is 17.9 Å². The fourth-order valence-corrected chi connectivity index (χ4v) is 4.48. The maximum atomic E-state index is 13.2. The van der Waals surface area contributed by atoms with Crippen LogP contribution in [0, 0.1) is 12.7 Å². The number of aromatic nitrogens is 2. The van der Waals surface area contributed by atoms with Crippen molar-refractivity contribution in [2.75, 3.05) is 36.0 Å². The standard InChI is InChI=1S/C25H26FN5O2/c1-18-16-23-30(24(32)10-11-31(23)27-18)17-19-2-4-20(5-3-19)25(33)29-14-12-28(13-15-29)22-8-6-21(26)7-9-22/h2-9,16H,10-15,17H2,1H3. The fraction of sp³-hybridized carbons (Fsp3) is 0.320. The van der Waals surface area contributed by atoms with E-state index in [9.17, 15) is 14.0 Å². The molecule has 2 aromatic carbocycles. The number of nitrogens with zero attached hydrogens (tertiary/aromatic N) is 5. The first-order valence-electron chi connectivity index (χ1n) is 11.2. The third-order valence-electron chi connectivity index (χ3n) is 6.30. The van der Waals surface area contributed by atoms with Gasteiger partial charge in [0.15, 0.2) is 0 Å². The Morgan fingerprint density at radius 3 is 2.36 bits per heavy atom. The number of fused-ring (bicyclic) bond motifs is 1. The number of amides is 2. The molecule has 1 aromatic heterocycles. The van der Waals surface area contributed by atoms with E-state index in [1.807, 2.05) is 46.8 Å². The second-order valence-corrected chi connectivity index (χ2v) is 8.55. The predicted octanol–water partition coefficient (Wildman–Crippen LogP) is 3.23. The highest BCUT2D eigenvalue weighted by atomic mass is 19.1. The Kier molecular flexibility index (Phi) is 5.58. The Morgan fingerprint density at radius 2 is 1.67 bits per heavy atom. The molecule has 3 heterocycles. The molecule has 7 nitrogen and oxygen atoms in total. The fourth-order valence-electron chi connectivity index (χ4n) is 4.48. The molecule has 2 aliphatic heterocycles. The van der Waals surface area contributed by atoms with Crippen molar-refractivity contribution in [2.45, 2.75) is 26.4 Å². The van der Waals surface area contributed by atoms with Crippen molar-refractivity contribution in [3.8, 4) is 0 Å². The molecule has 0 unspecified atom stereocenters. The Bertz CT molecular complexity index is 1160. The van der Waals surface area contributed by atoms with Crippen LogP contribution in [0.3, 0.4) is 0 Å². The predicted molar refractivity (Wildman–Crippen MR) is 124 cm³/mol. The molecule has 0 atom stereocenters. The van der Waals surface area contributed by atoms with Gasteiger partial charge in [-0.1, -0.05) is 12.1 Å². The number of hydrogen-bond acceptors (Lipinski definition) is 4. The van der Waals surface area contributed by atoms with E-state index in [1.165, 1.54) is 12.1 Å². The van der Waals surface area contributed by atoms with Crippen molar-refractivity contribution in [3.63, 3.8) is 0 Å². The first kappa shape index (κ1) is 21.2. The van der Waals surface area contributed by atoms with Gasteiger partial charge in [-0.05, 0) is 48.9 Å². The molecule has 0 spiro atoms. The van der Waals surface area contributed by atoms with E-state index in [4.69, 9.17) is 0 Å². The van der Waals surface area contributed by atoms with Crippen LogP contribution in [-0.4, -0.2) is 52.7 Å². The number of halogens is 1. The van der Waals surface area contributed by atoms with Gasteiger partial charge in [-0.2, -0.15) is 5.10 Å². The lowest BCUT2D eigenvalue weighted by Crippen LogP contribution is -2.48. The monoisotopic (exact) mass is 447 g/mol. The molecule has 0 radical (unpaired) electrons. The summed E-state index contributed by atoms with van der Waals surface area (Å²) < 4.78 is 15.0. The van der Waals surface area contributed by atoms with E-state index in [0.717, 1.165) is 22.8 Å². The van der Waals surface area contributed by atoms with Gasteiger partial charge < -0.3 is 9.80 Å². The van der Waals surface area contributed by atoms with Gasteiger partial charge in [0, 0.05) is 49.9 Å². The quantitative estimate of drug-likeness (QED) is 0.616. The zero-order valence-corrected chi connectivity index (χ0v) is 18.6. The molecular weight excluding hydrogens is 421 g/mol. The minimum absolute atomic E-state index is 0.00283. The summed E-state index contributed by atoms with van der Waals surface area (Å²) in [5.74, 6) is 0.661. The molecular formula is C25H26FN5O2. The van der Waals surface area contributed by atoms with Crippen molar-refractivity contribution in [3.05, 3.63) is 77.2 Å². The summed E-state index contributed by atoms with van der Waals surface area (Å²) in [5.41, 5.74) is 3.47. The normalized spacial score (nSPS) is 16.2. The SMILES string of the molecule is Cc1cc2n(n1)CCC(=O)N2Cc1ccc(C(=O)N2CCN(c3ccc(F)cc3)CC2)cc1. The highest BCUT2D eigenvalue weighted by molar-refractivity contribution is 5.95. The summed E-state index contributed by atoms with van der Waals surface area (Å²) in [6, 6.07) is 15.9. The number of carbonyl (C=O) groups excluding carboxylic acids is 2. The molecule has 3 aromatic rings. The summed E-state index contributed by atoms with van der Waals surface area (Å²) in [5, 5.41) is 4.45. The number of aryl methyl sites for hydroxylation is 2. The van der Waals surface area contributed by atoms with E-state index in [0.29, 0.717) is 51.3 Å². The van der Waals surface area contributed by atoms with E-state index in [2.05, 4.69) is 10.00 Å². The number of rotatable bonds is 4. The van der Waals surface area contributed by atoms with Gasteiger partial charge in [0.25, 0.3) is 5.91 Å². The molecule has 0 N–H and O–H groups in total. The van der Waals surface area contributed by atoms with Crippen molar-refractivity contribution >= 4 is 23.3 Å². The lowest BCUT2D eigenvalue weighted by Gasteiger charge is -2.36. The van der Waals surface area contributed by atoms with Gasteiger partial charge in [-0.25, -0.2) is 9.07 Å². The van der Waals surface area contributed by atoms with Crippen molar-refractivity contribution in [1.29, 1.82) is 0 Å². The van der Waals surface area contributed by atoms with E-state index < -0.39 is 0 Å². The van der Waals surface area contributed by atoms with Crippen LogP contribution >= 0.6 is 0 Å². The van der Waals surface area contributed by atoms with Crippen LogP contribution in [0.1, 0.15) is 28.0 Å². The van der Waals surface area contributed by atoms with Crippen LogP contribution < -0.4 is 9.80 Å². The Labute approximate surface area is 192 Å². The summed E-state index contributed by atoms with van der Waals surface area (Å²) in [7, 11) is 0. The molecule has 170 valence electrons. The number of carbonyl (C=O) groups is 2. The van der Waals surface area contributed by atoms with Gasteiger partial charge in [0.1, 0.15) is 11.6 Å². The first-order chi connectivity index (χ1) is 16.0. The average Bonchev–Trinajstić information content (AvgIpc) is 3.22. The topological polar surface area (TPSA) is 61.7 Å². The maximum absolute atomic E-state index is 13.2. The number of anilines is 2. The van der Waals surface area contributed by atoms with Crippen LogP contribution in [0.4, 0.5) is 15.9 Å². The van der Waals surface area contributed by atoms with Crippen molar-refractivity contribution in [2.24, 2.45) is 0 Å². The lowest BCUT2D eigenvalue weighted by atomic mass is 10.1. The second-order valence-electron chi connectivity index (χ2n) is 8.55. The largest absolute Gasteiger partial charge is 0.368 e. The third kappa shape index (κ3) is 4.33. The Hall–Kier alpha value is -3.68. The van der Waals surface area contributed by atoms with Crippen molar-refractivity contribution in [1.82, 2.24) is 14.7 Å². The molecule has 1 saturated heterocycles. The molecule has 0 bridgehead atoms. The summed E-state index contributed by atoms with van der Waals surface area (Å²) >= 11 is 0.